The predicted molar refractivity (Wildman–Crippen MR) is 52.8 cm³/mol. The lowest BCUT2D eigenvalue weighted by Gasteiger charge is -2.11. The molecule has 0 atom stereocenters. The van der Waals surface area contributed by atoms with E-state index in [-0.39, 0.29) is 15.1 Å². The van der Waals surface area contributed by atoms with Crippen molar-refractivity contribution in [1.82, 2.24) is 4.98 Å². The second kappa shape index (κ2) is 4.09. The first kappa shape index (κ1) is 11.8. The number of ether oxygens (including phenoxy) is 1. The summed E-state index contributed by atoms with van der Waals surface area (Å²) in [6, 6.07) is 2.57. The predicted octanol–water partition coefficient (Wildman–Crippen LogP) is 2.04. The highest BCUT2D eigenvalue weighted by atomic mass is 127. The summed E-state index contributed by atoms with van der Waals surface area (Å²) in [4.78, 5) is 3.55. The lowest BCUT2D eigenvalue weighted by Crippen LogP contribution is -2.19. The molecule has 1 aromatic heterocycles. The van der Waals surface area contributed by atoms with E-state index in [4.69, 9.17) is 11.0 Å². The zero-order valence-electron chi connectivity index (χ0n) is 6.97. The van der Waals surface area contributed by atoms with E-state index < -0.39 is 12.1 Å². The molecule has 0 aliphatic carbocycles. The molecule has 0 spiro atoms. The molecule has 2 N–H and O–H groups in total. The first-order valence-corrected chi connectivity index (χ1v) is 4.53. The summed E-state index contributed by atoms with van der Waals surface area (Å²) in [5, 5.41) is 8.58. The van der Waals surface area contributed by atoms with Crippen LogP contribution in [0.15, 0.2) is 6.07 Å². The average molecular weight is 329 g/mol. The summed E-state index contributed by atoms with van der Waals surface area (Å²) in [7, 11) is 0. The molecule has 4 nitrogen and oxygen atoms in total. The third-order valence-electron chi connectivity index (χ3n) is 1.29. The van der Waals surface area contributed by atoms with Gasteiger partial charge in [0.2, 0.25) is 0 Å². The van der Waals surface area contributed by atoms with Crippen molar-refractivity contribution in [1.29, 1.82) is 5.26 Å². The molecule has 0 aliphatic rings. The van der Waals surface area contributed by atoms with Crippen molar-refractivity contribution < 1.29 is 17.9 Å². The van der Waals surface area contributed by atoms with Crippen LogP contribution >= 0.6 is 22.6 Å². The highest BCUT2D eigenvalue weighted by Gasteiger charge is 2.33. The van der Waals surface area contributed by atoms with Crippen molar-refractivity contribution in [2.45, 2.75) is 6.36 Å². The number of alkyl halides is 3. The quantitative estimate of drug-likeness (QED) is 0.632. The summed E-state index contributed by atoms with van der Waals surface area (Å²) in [5.41, 5.74) is 4.96. The Labute approximate surface area is 96.0 Å². The van der Waals surface area contributed by atoms with E-state index >= 15 is 0 Å². The maximum absolute atomic E-state index is 11.9. The van der Waals surface area contributed by atoms with Crippen molar-refractivity contribution in [2.75, 3.05) is 5.73 Å². The third-order valence-corrected chi connectivity index (χ3v) is 2.02. The van der Waals surface area contributed by atoms with Crippen LogP contribution in [-0.2, 0) is 0 Å². The molecular weight excluding hydrogens is 326 g/mol. The van der Waals surface area contributed by atoms with Gasteiger partial charge in [-0.05, 0) is 22.6 Å². The van der Waals surface area contributed by atoms with Crippen LogP contribution in [0.4, 0.5) is 19.0 Å². The van der Waals surface area contributed by atoms with Gasteiger partial charge in [-0.3, -0.25) is 0 Å². The maximum atomic E-state index is 11.9. The molecule has 0 radical (unpaired) electrons. The number of rotatable bonds is 1. The Hall–Kier alpha value is -1.24. The highest BCUT2D eigenvalue weighted by molar-refractivity contribution is 14.1. The van der Waals surface area contributed by atoms with Crippen LogP contribution in [0.5, 0.6) is 5.75 Å². The van der Waals surface area contributed by atoms with Crippen molar-refractivity contribution in [2.24, 2.45) is 0 Å². The van der Waals surface area contributed by atoms with Crippen LogP contribution < -0.4 is 10.5 Å². The van der Waals surface area contributed by atoms with Gasteiger partial charge in [0.1, 0.15) is 21.2 Å². The second-order valence-corrected chi connectivity index (χ2v) is 3.40. The van der Waals surface area contributed by atoms with E-state index in [1.54, 1.807) is 6.07 Å². The number of nitrogens with zero attached hydrogens (tertiary/aromatic N) is 2. The number of nitrogens with two attached hydrogens (primary N) is 1. The summed E-state index contributed by atoms with van der Waals surface area (Å²) >= 11 is 1.51. The largest absolute Gasteiger partial charge is 0.573 e. The number of hydrogen-bond acceptors (Lipinski definition) is 4. The molecule has 8 heteroatoms. The Morgan fingerprint density at radius 1 is 1.53 bits per heavy atom. The molecule has 0 bridgehead atoms. The van der Waals surface area contributed by atoms with E-state index in [0.717, 1.165) is 6.07 Å². The smallest absolute Gasteiger partial charge is 0.402 e. The summed E-state index contributed by atoms with van der Waals surface area (Å²) in [5.74, 6) is -0.662. The van der Waals surface area contributed by atoms with Gasteiger partial charge in [0.15, 0.2) is 5.75 Å². The molecule has 0 amide bonds. The molecule has 0 saturated heterocycles. The summed E-state index contributed by atoms with van der Waals surface area (Å²) in [6.07, 6.45) is -4.86. The fourth-order valence-electron chi connectivity index (χ4n) is 0.817. The molecule has 0 fully saturated rings. The monoisotopic (exact) mass is 329 g/mol. The Balaban J connectivity index is 3.23. The van der Waals surface area contributed by atoms with E-state index in [1.165, 1.54) is 22.6 Å². The molecule has 0 unspecified atom stereocenters. The van der Waals surface area contributed by atoms with E-state index in [0.29, 0.717) is 0 Å². The topological polar surface area (TPSA) is 71.9 Å². The molecule has 1 rings (SSSR count). The SMILES string of the molecule is N#Cc1cc(N)nc(I)c1OC(F)(F)F. The molecule has 1 aromatic rings. The number of nitrogen functional groups attached to an aromatic ring is 1. The fraction of sp³-hybridized carbons (Fsp3) is 0.143. The van der Waals surface area contributed by atoms with Crippen molar-refractivity contribution in [3.05, 3.63) is 15.3 Å². The van der Waals surface area contributed by atoms with Gasteiger partial charge in [-0.25, -0.2) is 4.98 Å². The third kappa shape index (κ3) is 3.12. The van der Waals surface area contributed by atoms with Crippen LogP contribution in [0.1, 0.15) is 5.56 Å². The highest BCUT2D eigenvalue weighted by Crippen LogP contribution is 2.30. The number of anilines is 1. The molecule has 0 saturated carbocycles. The Morgan fingerprint density at radius 2 is 2.13 bits per heavy atom. The number of pyridine rings is 1. The minimum Gasteiger partial charge on any atom is -0.402 e. The van der Waals surface area contributed by atoms with Crippen LogP contribution in [0.25, 0.3) is 0 Å². The lowest BCUT2D eigenvalue weighted by molar-refractivity contribution is -0.275. The van der Waals surface area contributed by atoms with Gasteiger partial charge in [0, 0.05) is 6.07 Å². The first-order chi connectivity index (χ1) is 6.83. The zero-order chi connectivity index (χ0) is 11.6. The van der Waals surface area contributed by atoms with E-state index in [9.17, 15) is 13.2 Å². The number of halogens is 4. The van der Waals surface area contributed by atoms with Crippen LogP contribution in [0.2, 0.25) is 0 Å². The van der Waals surface area contributed by atoms with Gasteiger partial charge < -0.3 is 10.5 Å². The van der Waals surface area contributed by atoms with E-state index in [1.807, 2.05) is 0 Å². The molecule has 80 valence electrons. The lowest BCUT2D eigenvalue weighted by atomic mass is 10.2. The molecule has 15 heavy (non-hydrogen) atoms. The second-order valence-electron chi connectivity index (χ2n) is 2.37. The standard InChI is InChI=1S/C7H3F3IN3O/c8-7(9,10)15-5-3(2-12)1-4(13)14-6(5)11/h1H,(H2,13,14). The van der Waals surface area contributed by atoms with Gasteiger partial charge in [-0.2, -0.15) is 5.26 Å². The minimum absolute atomic E-state index is 0.0366. The van der Waals surface area contributed by atoms with Gasteiger partial charge in [0.05, 0.1) is 0 Å². The van der Waals surface area contributed by atoms with E-state index in [2.05, 4.69) is 9.72 Å². The number of aromatic nitrogens is 1. The van der Waals surface area contributed by atoms with Crippen molar-refractivity contribution >= 4 is 28.4 Å². The Morgan fingerprint density at radius 3 is 2.60 bits per heavy atom. The first-order valence-electron chi connectivity index (χ1n) is 3.45. The maximum Gasteiger partial charge on any atom is 0.573 e. The normalized spacial score (nSPS) is 10.9. The Bertz CT molecular complexity index is 427. The van der Waals surface area contributed by atoms with Gasteiger partial charge in [-0.15, -0.1) is 13.2 Å². The Kier molecular flexibility index (Phi) is 3.23. The zero-order valence-corrected chi connectivity index (χ0v) is 9.13. The van der Waals surface area contributed by atoms with Crippen LogP contribution in [0.3, 0.4) is 0 Å². The van der Waals surface area contributed by atoms with Crippen LogP contribution in [0, 0.1) is 15.0 Å². The van der Waals surface area contributed by atoms with Crippen LogP contribution in [-0.4, -0.2) is 11.3 Å². The number of nitriles is 1. The van der Waals surface area contributed by atoms with Crippen molar-refractivity contribution in [3.63, 3.8) is 0 Å². The minimum atomic E-state index is -4.86. The molecule has 0 aliphatic heterocycles. The molecule has 1 heterocycles. The fourth-order valence-corrected chi connectivity index (χ4v) is 1.50. The molecule has 0 aromatic carbocycles. The van der Waals surface area contributed by atoms with Gasteiger partial charge in [-0.1, -0.05) is 0 Å². The molecular formula is C7H3F3IN3O. The van der Waals surface area contributed by atoms with Gasteiger partial charge in [0.25, 0.3) is 0 Å². The van der Waals surface area contributed by atoms with Gasteiger partial charge >= 0.3 is 6.36 Å². The number of hydrogen-bond donors (Lipinski definition) is 1. The average Bonchev–Trinajstić information content (AvgIpc) is 2.07. The summed E-state index contributed by atoms with van der Waals surface area (Å²) < 4.78 is 39.4. The van der Waals surface area contributed by atoms with Crippen molar-refractivity contribution in [3.8, 4) is 11.8 Å². The summed E-state index contributed by atoms with van der Waals surface area (Å²) in [6.45, 7) is 0.